The molecule has 1 saturated heterocycles. The van der Waals surface area contributed by atoms with Crippen molar-refractivity contribution in [1.82, 2.24) is 10.2 Å². The standard InChI is InChI=1S/C29H36ClN3O5/c1-3-27(34)31-14-8-7-11-23(19-28(35)38-21-22-9-5-4-6-10-22)29(36)33-17-15-32(16-18-33)25-20-24(30)12-13-26(25)37-2/h3-6,9-10,12-13,20,23H,1,7-8,11,14-19,21H2,2H3,(H,31,34)/t23-/m1/s1. The zero-order valence-electron chi connectivity index (χ0n) is 21.9. The van der Waals surface area contributed by atoms with Gasteiger partial charge >= 0.3 is 5.97 Å². The smallest absolute Gasteiger partial charge is 0.306 e. The SMILES string of the molecule is C=CC(=O)NCCCC[C@H](CC(=O)OCc1ccccc1)C(=O)N1CCN(c2cc(Cl)ccc2OC)CC1. The highest BCUT2D eigenvalue weighted by atomic mass is 35.5. The van der Waals surface area contributed by atoms with Gasteiger partial charge in [-0.3, -0.25) is 14.4 Å². The molecule has 0 aromatic heterocycles. The molecular formula is C29H36ClN3O5. The number of benzene rings is 2. The van der Waals surface area contributed by atoms with Crippen molar-refractivity contribution in [3.05, 3.63) is 71.8 Å². The third kappa shape index (κ3) is 8.80. The van der Waals surface area contributed by atoms with E-state index >= 15 is 0 Å². The molecule has 0 unspecified atom stereocenters. The maximum atomic E-state index is 13.5. The van der Waals surface area contributed by atoms with Crippen LogP contribution in [0.25, 0.3) is 0 Å². The fourth-order valence-corrected chi connectivity index (χ4v) is 4.61. The summed E-state index contributed by atoms with van der Waals surface area (Å²) < 4.78 is 11.0. The van der Waals surface area contributed by atoms with E-state index in [1.165, 1.54) is 6.08 Å². The topological polar surface area (TPSA) is 88.2 Å². The number of rotatable bonds is 13. The van der Waals surface area contributed by atoms with Crippen LogP contribution in [0.3, 0.4) is 0 Å². The summed E-state index contributed by atoms with van der Waals surface area (Å²) in [4.78, 5) is 41.5. The van der Waals surface area contributed by atoms with Crippen LogP contribution in [0.15, 0.2) is 61.2 Å². The van der Waals surface area contributed by atoms with Gasteiger partial charge in [0.05, 0.1) is 19.2 Å². The van der Waals surface area contributed by atoms with Gasteiger partial charge in [0.2, 0.25) is 11.8 Å². The molecule has 0 bridgehead atoms. The first-order chi connectivity index (χ1) is 18.4. The number of nitrogens with zero attached hydrogens (tertiary/aromatic N) is 2. The molecule has 0 saturated carbocycles. The van der Waals surface area contributed by atoms with Gasteiger partial charge in [0.1, 0.15) is 12.4 Å². The zero-order valence-corrected chi connectivity index (χ0v) is 22.6. The Hall–Kier alpha value is -3.52. The van der Waals surface area contributed by atoms with Crippen LogP contribution in [0.1, 0.15) is 31.2 Å². The van der Waals surface area contributed by atoms with Crippen LogP contribution >= 0.6 is 11.6 Å². The van der Waals surface area contributed by atoms with Crippen molar-refractivity contribution in [2.45, 2.75) is 32.3 Å². The van der Waals surface area contributed by atoms with E-state index in [4.69, 9.17) is 21.1 Å². The highest BCUT2D eigenvalue weighted by Gasteiger charge is 2.30. The van der Waals surface area contributed by atoms with E-state index in [-0.39, 0.29) is 24.8 Å². The Balaban J connectivity index is 1.58. The molecule has 1 heterocycles. The van der Waals surface area contributed by atoms with E-state index < -0.39 is 11.9 Å². The largest absolute Gasteiger partial charge is 0.495 e. The summed E-state index contributed by atoms with van der Waals surface area (Å²) in [6.45, 7) is 6.41. The summed E-state index contributed by atoms with van der Waals surface area (Å²) in [6, 6.07) is 15.0. The lowest BCUT2D eigenvalue weighted by Crippen LogP contribution is -2.50. The molecule has 2 amide bonds. The number of halogens is 1. The lowest BCUT2D eigenvalue weighted by Gasteiger charge is -2.38. The number of piperazine rings is 1. The Morgan fingerprint density at radius 2 is 1.82 bits per heavy atom. The molecular weight excluding hydrogens is 506 g/mol. The summed E-state index contributed by atoms with van der Waals surface area (Å²) in [5.74, 6) is -0.419. The third-order valence-corrected chi connectivity index (χ3v) is 6.78. The number of hydrogen-bond donors (Lipinski definition) is 1. The Labute approximate surface area is 229 Å². The molecule has 2 aromatic carbocycles. The molecule has 1 fully saturated rings. The van der Waals surface area contributed by atoms with Crippen LogP contribution in [0.4, 0.5) is 5.69 Å². The van der Waals surface area contributed by atoms with Crippen LogP contribution < -0.4 is 15.0 Å². The number of ether oxygens (including phenoxy) is 2. The minimum Gasteiger partial charge on any atom is -0.495 e. The van der Waals surface area contributed by atoms with Crippen LogP contribution in [-0.4, -0.2) is 62.5 Å². The van der Waals surface area contributed by atoms with Crippen LogP contribution in [-0.2, 0) is 25.7 Å². The second kappa shape index (κ2) is 15.0. The number of methoxy groups -OCH3 is 1. The molecule has 1 aliphatic heterocycles. The van der Waals surface area contributed by atoms with Crippen molar-refractivity contribution >= 4 is 35.1 Å². The second-order valence-corrected chi connectivity index (χ2v) is 9.60. The molecule has 0 aliphatic carbocycles. The number of carbonyl (C=O) groups excluding carboxylic acids is 3. The van der Waals surface area contributed by atoms with E-state index in [9.17, 15) is 14.4 Å². The van der Waals surface area contributed by atoms with Crippen LogP contribution in [0, 0.1) is 5.92 Å². The van der Waals surface area contributed by atoms with Gasteiger partial charge in [-0.05, 0) is 42.7 Å². The van der Waals surface area contributed by atoms with E-state index in [0.29, 0.717) is 57.0 Å². The minimum absolute atomic E-state index is 0.0208. The molecule has 2 aromatic rings. The maximum absolute atomic E-state index is 13.5. The number of amides is 2. The first kappa shape index (κ1) is 29.0. The number of carbonyl (C=O) groups is 3. The van der Waals surface area contributed by atoms with Gasteiger partial charge in [0.15, 0.2) is 0 Å². The van der Waals surface area contributed by atoms with E-state index in [2.05, 4.69) is 16.8 Å². The van der Waals surface area contributed by atoms with E-state index in [1.807, 2.05) is 47.4 Å². The molecule has 0 spiro atoms. The fraction of sp³-hybridized carbons (Fsp3) is 0.414. The van der Waals surface area contributed by atoms with Gasteiger partial charge < -0.3 is 24.6 Å². The number of esters is 1. The predicted octanol–water partition coefficient (Wildman–Crippen LogP) is 4.22. The molecule has 38 heavy (non-hydrogen) atoms. The zero-order chi connectivity index (χ0) is 27.3. The van der Waals surface area contributed by atoms with Gasteiger partial charge in [0.25, 0.3) is 0 Å². The molecule has 1 aliphatic rings. The molecule has 204 valence electrons. The van der Waals surface area contributed by atoms with E-state index in [1.54, 1.807) is 13.2 Å². The second-order valence-electron chi connectivity index (χ2n) is 9.17. The Kier molecular flexibility index (Phi) is 11.5. The lowest BCUT2D eigenvalue weighted by atomic mass is 9.96. The van der Waals surface area contributed by atoms with Gasteiger partial charge in [-0.1, -0.05) is 54.9 Å². The monoisotopic (exact) mass is 541 g/mol. The summed E-state index contributed by atoms with van der Waals surface area (Å²) in [7, 11) is 1.62. The van der Waals surface area contributed by atoms with Crippen LogP contribution in [0.2, 0.25) is 5.02 Å². The minimum atomic E-state index is -0.486. The normalized spacial score (nSPS) is 13.9. The number of nitrogens with one attached hydrogen (secondary N) is 1. The summed E-state index contributed by atoms with van der Waals surface area (Å²) >= 11 is 6.20. The molecule has 1 N–H and O–H groups in total. The quantitative estimate of drug-likeness (QED) is 0.232. The lowest BCUT2D eigenvalue weighted by molar-refractivity contribution is -0.150. The van der Waals surface area contributed by atoms with Crippen molar-refractivity contribution in [2.24, 2.45) is 5.92 Å². The first-order valence-corrected chi connectivity index (χ1v) is 13.3. The molecule has 3 rings (SSSR count). The van der Waals surface area contributed by atoms with Crippen molar-refractivity contribution in [3.8, 4) is 5.75 Å². The Bertz CT molecular complexity index is 1090. The Morgan fingerprint density at radius 1 is 1.08 bits per heavy atom. The van der Waals surface area contributed by atoms with Crippen molar-refractivity contribution in [2.75, 3.05) is 44.7 Å². The van der Waals surface area contributed by atoms with Gasteiger partial charge in [0, 0.05) is 43.7 Å². The number of anilines is 1. The van der Waals surface area contributed by atoms with Crippen molar-refractivity contribution in [3.63, 3.8) is 0 Å². The van der Waals surface area contributed by atoms with Gasteiger partial charge in [-0.25, -0.2) is 0 Å². The average Bonchev–Trinajstić information content (AvgIpc) is 2.95. The fourth-order valence-electron chi connectivity index (χ4n) is 4.45. The molecule has 1 atom stereocenters. The van der Waals surface area contributed by atoms with Gasteiger partial charge in [-0.2, -0.15) is 0 Å². The highest BCUT2D eigenvalue weighted by molar-refractivity contribution is 6.30. The predicted molar refractivity (Wildman–Crippen MR) is 148 cm³/mol. The molecule has 9 heteroatoms. The van der Waals surface area contributed by atoms with Crippen LogP contribution in [0.5, 0.6) is 5.75 Å². The molecule has 0 radical (unpaired) electrons. The Morgan fingerprint density at radius 3 is 2.50 bits per heavy atom. The van der Waals surface area contributed by atoms with Crippen molar-refractivity contribution < 1.29 is 23.9 Å². The molecule has 8 nitrogen and oxygen atoms in total. The summed E-state index contributed by atoms with van der Waals surface area (Å²) in [6.07, 6.45) is 3.18. The van der Waals surface area contributed by atoms with Gasteiger partial charge in [-0.15, -0.1) is 0 Å². The van der Waals surface area contributed by atoms with E-state index in [0.717, 1.165) is 17.0 Å². The van der Waals surface area contributed by atoms with Crippen molar-refractivity contribution in [1.29, 1.82) is 0 Å². The third-order valence-electron chi connectivity index (χ3n) is 6.54. The number of hydrogen-bond acceptors (Lipinski definition) is 6. The number of unbranched alkanes of at least 4 members (excludes halogenated alkanes) is 1. The average molecular weight is 542 g/mol. The summed E-state index contributed by atoms with van der Waals surface area (Å²) in [5.41, 5.74) is 1.80. The maximum Gasteiger partial charge on any atom is 0.306 e. The summed E-state index contributed by atoms with van der Waals surface area (Å²) in [5, 5.41) is 3.37. The first-order valence-electron chi connectivity index (χ1n) is 12.9. The highest BCUT2D eigenvalue weighted by Crippen LogP contribution is 2.32.